The summed E-state index contributed by atoms with van der Waals surface area (Å²) in [6.45, 7) is 2.04. The van der Waals surface area contributed by atoms with Gasteiger partial charge in [-0.05, 0) is 72.5 Å². The van der Waals surface area contributed by atoms with Gasteiger partial charge in [-0.15, -0.1) is 0 Å². The minimum absolute atomic E-state index is 0.503. The number of hydrogen-bond donors (Lipinski definition) is 1. The smallest absolute Gasteiger partial charge is 0.160 e. The van der Waals surface area contributed by atoms with Gasteiger partial charge in [0.25, 0.3) is 0 Å². The first-order valence-electron chi connectivity index (χ1n) is 11.0. The second kappa shape index (κ2) is 12.5. The molecule has 3 aromatic carbocycles. The Morgan fingerprint density at radius 3 is 2.36 bits per heavy atom. The Balaban J connectivity index is 1.69. The van der Waals surface area contributed by atoms with E-state index < -0.39 is 6.10 Å². The molecule has 0 aromatic heterocycles. The third-order valence-corrected chi connectivity index (χ3v) is 5.83. The molecule has 0 saturated heterocycles. The van der Waals surface area contributed by atoms with Crippen molar-refractivity contribution in [1.29, 1.82) is 0 Å². The van der Waals surface area contributed by atoms with E-state index in [0.717, 1.165) is 47.8 Å². The Morgan fingerprint density at radius 1 is 0.848 bits per heavy atom. The van der Waals surface area contributed by atoms with E-state index >= 15 is 0 Å². The van der Waals surface area contributed by atoms with E-state index in [4.69, 9.17) is 25.8 Å². The first-order valence-corrected chi connectivity index (χ1v) is 11.4. The van der Waals surface area contributed by atoms with Gasteiger partial charge in [-0.1, -0.05) is 41.9 Å². The van der Waals surface area contributed by atoms with Crippen LogP contribution in [0.15, 0.2) is 66.7 Å². The van der Waals surface area contributed by atoms with Gasteiger partial charge < -0.3 is 19.3 Å². The summed E-state index contributed by atoms with van der Waals surface area (Å²) in [5.74, 6) is 2.29. The van der Waals surface area contributed by atoms with E-state index in [0.29, 0.717) is 18.1 Å². The summed E-state index contributed by atoms with van der Waals surface area (Å²) in [6, 6.07) is 21.5. The number of aryl methyl sites for hydroxylation is 1. The molecule has 1 atom stereocenters. The summed E-state index contributed by atoms with van der Waals surface area (Å²) in [6.07, 6.45) is 1.19. The topological polar surface area (TPSA) is 51.2 Å². The number of halogens is 1. The van der Waals surface area contributed by atoms with Crippen molar-refractivity contribution in [3.63, 3.8) is 0 Å². The molecule has 0 amide bonds. The Kier molecular flexibility index (Phi) is 9.43. The predicted molar refractivity (Wildman–Crippen MR) is 133 cm³/mol. The van der Waals surface area contributed by atoms with Crippen molar-refractivity contribution >= 4 is 11.6 Å². The predicted octanol–water partition coefficient (Wildman–Crippen LogP) is 5.53. The Bertz CT molecular complexity index is 1030. The molecular weight excluding hydrogens is 438 g/mol. The van der Waals surface area contributed by atoms with Crippen LogP contribution in [0.3, 0.4) is 0 Å². The molecule has 0 saturated carbocycles. The third kappa shape index (κ3) is 7.39. The van der Waals surface area contributed by atoms with E-state index in [-0.39, 0.29) is 0 Å². The number of ether oxygens (including phenoxy) is 3. The van der Waals surface area contributed by atoms with Crippen LogP contribution in [0.5, 0.6) is 17.2 Å². The lowest BCUT2D eigenvalue weighted by atomic mass is 10.1. The maximum absolute atomic E-state index is 10.9. The van der Waals surface area contributed by atoms with Gasteiger partial charge in [0.2, 0.25) is 0 Å². The molecular formula is C27H32ClNO4. The van der Waals surface area contributed by atoms with Crippen LogP contribution in [0.4, 0.5) is 0 Å². The first kappa shape index (κ1) is 24.9. The van der Waals surface area contributed by atoms with Crippen molar-refractivity contribution < 1.29 is 19.3 Å². The van der Waals surface area contributed by atoms with Gasteiger partial charge in [0.1, 0.15) is 5.75 Å². The quantitative estimate of drug-likeness (QED) is 0.377. The summed E-state index contributed by atoms with van der Waals surface area (Å²) in [7, 11) is 4.96. The normalized spacial score (nSPS) is 11.9. The lowest BCUT2D eigenvalue weighted by Crippen LogP contribution is -2.29. The molecule has 3 aromatic rings. The number of aliphatic hydroxyl groups is 1. The zero-order valence-electron chi connectivity index (χ0n) is 19.5. The lowest BCUT2D eigenvalue weighted by Gasteiger charge is -2.26. The molecule has 33 heavy (non-hydrogen) atoms. The fourth-order valence-electron chi connectivity index (χ4n) is 3.87. The standard InChI is InChI=1S/C27H32ClNO4/c1-31-24-11-4-7-21(15-24)18-29(19-25(30)22-9-5-10-23(28)17-22)14-6-8-20-12-13-26(32-2)27(16-20)33-3/h4-5,7,9-13,15-17,25,30H,6,8,14,18-19H2,1-3H3. The molecule has 1 unspecified atom stereocenters. The number of methoxy groups -OCH3 is 3. The fourth-order valence-corrected chi connectivity index (χ4v) is 4.07. The number of benzene rings is 3. The molecule has 3 rings (SSSR count). The van der Waals surface area contributed by atoms with Crippen LogP contribution >= 0.6 is 11.6 Å². The maximum atomic E-state index is 10.9. The molecule has 0 aliphatic heterocycles. The van der Waals surface area contributed by atoms with E-state index in [2.05, 4.69) is 17.0 Å². The van der Waals surface area contributed by atoms with Crippen LogP contribution < -0.4 is 14.2 Å². The fraction of sp³-hybridized carbons (Fsp3) is 0.333. The van der Waals surface area contributed by atoms with Gasteiger partial charge in [-0.3, -0.25) is 4.90 Å². The van der Waals surface area contributed by atoms with Gasteiger partial charge >= 0.3 is 0 Å². The van der Waals surface area contributed by atoms with E-state index in [1.54, 1.807) is 21.3 Å². The average molecular weight is 470 g/mol. The maximum Gasteiger partial charge on any atom is 0.160 e. The Hall–Kier alpha value is -2.73. The Labute approximate surface area is 201 Å². The molecule has 0 radical (unpaired) electrons. The summed E-state index contributed by atoms with van der Waals surface area (Å²) < 4.78 is 16.1. The van der Waals surface area contributed by atoms with Crippen molar-refractivity contribution in [1.82, 2.24) is 4.90 Å². The summed E-state index contributed by atoms with van der Waals surface area (Å²) >= 11 is 6.13. The number of nitrogens with zero attached hydrogens (tertiary/aromatic N) is 1. The minimum Gasteiger partial charge on any atom is -0.497 e. The Morgan fingerprint density at radius 2 is 1.64 bits per heavy atom. The van der Waals surface area contributed by atoms with Gasteiger partial charge in [0, 0.05) is 18.1 Å². The monoisotopic (exact) mass is 469 g/mol. The molecule has 0 aliphatic rings. The first-order chi connectivity index (χ1) is 16.0. The van der Waals surface area contributed by atoms with Crippen LogP contribution in [0, 0.1) is 0 Å². The molecule has 0 bridgehead atoms. The largest absolute Gasteiger partial charge is 0.497 e. The van der Waals surface area contributed by atoms with Crippen molar-refractivity contribution in [3.8, 4) is 17.2 Å². The second-order valence-electron chi connectivity index (χ2n) is 7.95. The van der Waals surface area contributed by atoms with E-state index in [9.17, 15) is 5.11 Å². The summed E-state index contributed by atoms with van der Waals surface area (Å²) in [5, 5.41) is 11.5. The summed E-state index contributed by atoms with van der Waals surface area (Å²) in [5.41, 5.74) is 3.14. The second-order valence-corrected chi connectivity index (χ2v) is 8.39. The van der Waals surface area contributed by atoms with Gasteiger partial charge in [0.15, 0.2) is 11.5 Å². The van der Waals surface area contributed by atoms with Crippen LogP contribution in [-0.4, -0.2) is 44.4 Å². The highest BCUT2D eigenvalue weighted by Crippen LogP contribution is 2.28. The lowest BCUT2D eigenvalue weighted by molar-refractivity contribution is 0.108. The van der Waals surface area contributed by atoms with Gasteiger partial charge in [-0.25, -0.2) is 0 Å². The van der Waals surface area contributed by atoms with Crippen LogP contribution in [0.1, 0.15) is 29.2 Å². The molecule has 1 N–H and O–H groups in total. The number of hydrogen-bond acceptors (Lipinski definition) is 5. The molecule has 0 spiro atoms. The number of aliphatic hydroxyl groups excluding tert-OH is 1. The molecule has 6 heteroatoms. The van der Waals surface area contributed by atoms with Crippen molar-refractivity contribution in [3.05, 3.63) is 88.4 Å². The van der Waals surface area contributed by atoms with E-state index in [1.807, 2.05) is 54.6 Å². The van der Waals surface area contributed by atoms with Crippen molar-refractivity contribution in [2.24, 2.45) is 0 Å². The van der Waals surface area contributed by atoms with Crippen LogP contribution in [0.25, 0.3) is 0 Å². The van der Waals surface area contributed by atoms with Gasteiger partial charge in [0.05, 0.1) is 27.4 Å². The highest BCUT2D eigenvalue weighted by Gasteiger charge is 2.15. The van der Waals surface area contributed by atoms with Crippen LogP contribution in [-0.2, 0) is 13.0 Å². The van der Waals surface area contributed by atoms with E-state index in [1.165, 1.54) is 5.56 Å². The third-order valence-electron chi connectivity index (χ3n) is 5.59. The van der Waals surface area contributed by atoms with Gasteiger partial charge in [-0.2, -0.15) is 0 Å². The van der Waals surface area contributed by atoms with Crippen molar-refractivity contribution in [2.75, 3.05) is 34.4 Å². The summed E-state index contributed by atoms with van der Waals surface area (Å²) in [4.78, 5) is 2.26. The highest BCUT2D eigenvalue weighted by molar-refractivity contribution is 6.30. The van der Waals surface area contributed by atoms with Crippen LogP contribution in [0.2, 0.25) is 5.02 Å². The molecule has 0 fully saturated rings. The SMILES string of the molecule is COc1cccc(CN(CCCc2ccc(OC)c(OC)c2)CC(O)c2cccc(Cl)c2)c1. The zero-order chi connectivity index (χ0) is 23.6. The molecule has 5 nitrogen and oxygen atoms in total. The molecule has 0 aliphatic carbocycles. The van der Waals surface area contributed by atoms with Crippen molar-refractivity contribution in [2.45, 2.75) is 25.5 Å². The number of rotatable bonds is 12. The minimum atomic E-state index is -0.629. The zero-order valence-corrected chi connectivity index (χ0v) is 20.2. The molecule has 0 heterocycles. The average Bonchev–Trinajstić information content (AvgIpc) is 2.83. The molecule has 176 valence electrons. The highest BCUT2D eigenvalue weighted by atomic mass is 35.5.